The molecule has 0 saturated heterocycles. The Bertz CT molecular complexity index is 768. The van der Waals surface area contributed by atoms with Gasteiger partial charge in [-0.25, -0.2) is 0 Å². The molecule has 30 heavy (non-hydrogen) atoms. The normalized spacial score (nSPS) is 17.2. The minimum atomic E-state index is -0.130. The van der Waals surface area contributed by atoms with Crippen LogP contribution in [-0.2, 0) is 0 Å². The Labute approximate surface area is 178 Å². The van der Waals surface area contributed by atoms with Gasteiger partial charge >= 0.3 is 0 Å². The number of para-hydroxylation sites is 2. The molecule has 160 valence electrons. The van der Waals surface area contributed by atoms with Crippen molar-refractivity contribution in [1.29, 1.82) is 0 Å². The molecule has 0 fully saturated rings. The van der Waals surface area contributed by atoms with Gasteiger partial charge in [0, 0.05) is 13.1 Å². The molecule has 2 N–H and O–H groups in total. The van der Waals surface area contributed by atoms with Crippen LogP contribution in [0.5, 0.6) is 11.5 Å². The third-order valence-corrected chi connectivity index (χ3v) is 4.99. The maximum absolute atomic E-state index is 12.5. The molecule has 0 aliphatic carbocycles. The molecule has 0 unspecified atom stereocenters. The number of amides is 2. The van der Waals surface area contributed by atoms with Gasteiger partial charge in [0.1, 0.15) is 11.5 Å². The molecule has 0 saturated carbocycles. The first kappa shape index (κ1) is 21.7. The number of carbonyl (C=O) groups is 2. The number of rotatable bonds is 0. The van der Waals surface area contributed by atoms with Gasteiger partial charge in [-0.15, -0.1) is 0 Å². The first-order valence-electron chi connectivity index (χ1n) is 10.8. The number of fused-ring (bicyclic) bond motifs is 2. The molecule has 0 atom stereocenters. The highest BCUT2D eigenvalue weighted by atomic mass is 16.5. The summed E-state index contributed by atoms with van der Waals surface area (Å²) in [6, 6.07) is 14.7. The summed E-state index contributed by atoms with van der Waals surface area (Å²) in [6.07, 6.45) is 5.39. The van der Waals surface area contributed by atoms with Gasteiger partial charge < -0.3 is 20.1 Å². The molecule has 6 nitrogen and oxygen atoms in total. The van der Waals surface area contributed by atoms with Gasteiger partial charge in [0.05, 0.1) is 24.3 Å². The van der Waals surface area contributed by atoms with E-state index < -0.39 is 0 Å². The molecule has 0 spiro atoms. The smallest absolute Gasteiger partial charge is 0.255 e. The number of carbonyl (C=O) groups excluding carboxylic acids is 2. The van der Waals surface area contributed by atoms with E-state index in [9.17, 15) is 9.59 Å². The second kappa shape index (κ2) is 11.9. The average molecular weight is 411 g/mol. The lowest BCUT2D eigenvalue weighted by Gasteiger charge is -2.13. The Morgan fingerprint density at radius 1 is 0.567 bits per heavy atom. The van der Waals surface area contributed by atoms with Crippen molar-refractivity contribution in [3.05, 3.63) is 59.7 Å². The van der Waals surface area contributed by atoms with Crippen LogP contribution in [0.2, 0.25) is 0 Å². The largest absolute Gasteiger partial charge is 0.493 e. The maximum atomic E-state index is 12.5. The minimum Gasteiger partial charge on any atom is -0.493 e. The van der Waals surface area contributed by atoms with E-state index in [0.717, 1.165) is 38.5 Å². The zero-order valence-corrected chi connectivity index (χ0v) is 17.3. The number of hydrogen-bond acceptors (Lipinski definition) is 4. The van der Waals surface area contributed by atoms with E-state index >= 15 is 0 Å². The fraction of sp³-hybridized carbons (Fsp3) is 0.417. The monoisotopic (exact) mass is 410 g/mol. The van der Waals surface area contributed by atoms with Crippen molar-refractivity contribution in [2.24, 2.45) is 0 Å². The third kappa shape index (κ3) is 6.51. The van der Waals surface area contributed by atoms with Crippen LogP contribution >= 0.6 is 0 Å². The Kier molecular flexibility index (Phi) is 8.57. The van der Waals surface area contributed by atoms with Gasteiger partial charge in [0.2, 0.25) is 0 Å². The van der Waals surface area contributed by atoms with Gasteiger partial charge in [-0.05, 0) is 62.8 Å². The van der Waals surface area contributed by atoms with E-state index in [0.29, 0.717) is 48.9 Å². The van der Waals surface area contributed by atoms with Gasteiger partial charge in [-0.3, -0.25) is 9.59 Å². The summed E-state index contributed by atoms with van der Waals surface area (Å²) in [4.78, 5) is 25.0. The fourth-order valence-corrected chi connectivity index (χ4v) is 3.33. The summed E-state index contributed by atoms with van der Waals surface area (Å²) in [7, 11) is 0. The standard InChI is InChI=1S/C24H30N2O4/c27-23-19-11-3-5-13-21(19)29-17-9-1-2-10-18-30-22-14-6-4-12-20(22)24(28)26-16-8-7-15-25-23/h3-6,11-14H,1-2,7-10,15-18H2,(H,25,27)(H,26,28). The van der Waals surface area contributed by atoms with Crippen LogP contribution in [0.4, 0.5) is 0 Å². The summed E-state index contributed by atoms with van der Waals surface area (Å²) < 4.78 is 11.7. The molecule has 0 radical (unpaired) electrons. The molecule has 2 amide bonds. The van der Waals surface area contributed by atoms with Crippen LogP contribution in [0.3, 0.4) is 0 Å². The van der Waals surface area contributed by atoms with Crippen LogP contribution in [0.25, 0.3) is 0 Å². The minimum absolute atomic E-state index is 0.130. The molecule has 3 rings (SSSR count). The van der Waals surface area contributed by atoms with Gasteiger partial charge in [0.25, 0.3) is 11.8 Å². The lowest BCUT2D eigenvalue weighted by molar-refractivity contribution is 0.0934. The Balaban J connectivity index is 1.60. The van der Waals surface area contributed by atoms with E-state index in [-0.39, 0.29) is 11.8 Å². The number of hydrogen-bond donors (Lipinski definition) is 2. The van der Waals surface area contributed by atoms with Gasteiger partial charge in [-0.1, -0.05) is 24.3 Å². The number of nitrogens with one attached hydrogen (secondary N) is 2. The molecule has 1 heterocycles. The van der Waals surface area contributed by atoms with Crippen molar-refractivity contribution in [1.82, 2.24) is 10.6 Å². The lowest BCUT2D eigenvalue weighted by atomic mass is 10.1. The summed E-state index contributed by atoms with van der Waals surface area (Å²) in [6.45, 7) is 2.24. The van der Waals surface area contributed by atoms with Gasteiger partial charge in [-0.2, -0.15) is 0 Å². The second-order valence-corrected chi connectivity index (χ2v) is 7.32. The van der Waals surface area contributed by atoms with E-state index in [1.165, 1.54) is 0 Å². The van der Waals surface area contributed by atoms with Crippen molar-refractivity contribution in [2.75, 3.05) is 26.3 Å². The van der Waals surface area contributed by atoms with Crippen molar-refractivity contribution in [3.8, 4) is 11.5 Å². The summed E-state index contributed by atoms with van der Waals surface area (Å²) in [5.74, 6) is 0.985. The number of ether oxygens (including phenoxy) is 2. The molecular formula is C24H30N2O4. The first-order valence-corrected chi connectivity index (χ1v) is 10.8. The first-order chi connectivity index (χ1) is 14.8. The number of benzene rings is 2. The molecular weight excluding hydrogens is 380 g/mol. The molecule has 2 aromatic rings. The molecule has 1 aliphatic rings. The van der Waals surface area contributed by atoms with E-state index in [4.69, 9.17) is 9.47 Å². The zero-order chi connectivity index (χ0) is 21.0. The van der Waals surface area contributed by atoms with Crippen molar-refractivity contribution in [3.63, 3.8) is 0 Å². The molecule has 6 heteroatoms. The molecule has 1 aliphatic heterocycles. The van der Waals surface area contributed by atoms with Crippen molar-refractivity contribution in [2.45, 2.75) is 38.5 Å². The molecule has 2 aromatic carbocycles. The Morgan fingerprint density at radius 2 is 1.00 bits per heavy atom. The second-order valence-electron chi connectivity index (χ2n) is 7.32. The van der Waals surface area contributed by atoms with Crippen LogP contribution in [-0.4, -0.2) is 38.1 Å². The van der Waals surface area contributed by atoms with Crippen molar-refractivity contribution >= 4 is 11.8 Å². The quantitative estimate of drug-likeness (QED) is 0.689. The van der Waals surface area contributed by atoms with Crippen LogP contribution in [0, 0.1) is 0 Å². The van der Waals surface area contributed by atoms with E-state index in [1.807, 2.05) is 36.4 Å². The predicted octanol–water partition coefficient (Wildman–Crippen LogP) is 3.96. The van der Waals surface area contributed by atoms with Crippen LogP contribution < -0.4 is 20.1 Å². The molecule has 0 bridgehead atoms. The highest BCUT2D eigenvalue weighted by molar-refractivity contribution is 5.97. The fourth-order valence-electron chi connectivity index (χ4n) is 3.33. The SMILES string of the molecule is O=C1NCCCCNC(=O)c2ccccc2OCCCCCCOc2ccccc21. The summed E-state index contributed by atoms with van der Waals surface area (Å²) in [5, 5.41) is 5.87. The topological polar surface area (TPSA) is 76.7 Å². The Morgan fingerprint density at radius 3 is 1.47 bits per heavy atom. The van der Waals surface area contributed by atoms with E-state index in [2.05, 4.69) is 10.6 Å². The maximum Gasteiger partial charge on any atom is 0.255 e. The lowest BCUT2D eigenvalue weighted by Crippen LogP contribution is -2.28. The van der Waals surface area contributed by atoms with Crippen LogP contribution in [0.1, 0.15) is 59.2 Å². The third-order valence-electron chi connectivity index (χ3n) is 4.99. The van der Waals surface area contributed by atoms with Crippen molar-refractivity contribution < 1.29 is 19.1 Å². The highest BCUT2D eigenvalue weighted by Crippen LogP contribution is 2.20. The molecule has 0 aromatic heterocycles. The van der Waals surface area contributed by atoms with Gasteiger partial charge in [0.15, 0.2) is 0 Å². The average Bonchev–Trinajstić information content (AvgIpc) is 2.77. The summed E-state index contributed by atoms with van der Waals surface area (Å²) in [5.41, 5.74) is 1.12. The van der Waals surface area contributed by atoms with E-state index in [1.54, 1.807) is 12.1 Å². The van der Waals surface area contributed by atoms with Crippen LogP contribution in [0.15, 0.2) is 48.5 Å². The highest BCUT2D eigenvalue weighted by Gasteiger charge is 2.13. The predicted molar refractivity (Wildman–Crippen MR) is 116 cm³/mol. The zero-order valence-electron chi connectivity index (χ0n) is 17.3. The summed E-state index contributed by atoms with van der Waals surface area (Å²) >= 11 is 0. The Hall–Kier alpha value is -3.02.